The SMILES string of the molecule is Cn1cc(-c2cn3ncc(C#N)c3c(-c3ccc(N4CCCC(NC(=O)OC(C)(C)C)C4)nc3)n2)cn1. The first-order valence-corrected chi connectivity index (χ1v) is 12.2. The third-order valence-corrected chi connectivity index (χ3v) is 6.11. The molecule has 1 atom stereocenters. The summed E-state index contributed by atoms with van der Waals surface area (Å²) in [6.45, 7) is 7.04. The van der Waals surface area contributed by atoms with E-state index in [4.69, 9.17) is 14.7 Å². The summed E-state index contributed by atoms with van der Waals surface area (Å²) in [4.78, 5) is 24.0. The first-order chi connectivity index (χ1) is 17.7. The fourth-order valence-electron chi connectivity index (χ4n) is 4.48. The predicted octanol–water partition coefficient (Wildman–Crippen LogP) is 3.56. The lowest BCUT2D eigenvalue weighted by atomic mass is 10.1. The molecule has 5 rings (SSSR count). The molecule has 0 saturated carbocycles. The number of hydrogen-bond donors (Lipinski definition) is 1. The minimum Gasteiger partial charge on any atom is -0.444 e. The van der Waals surface area contributed by atoms with E-state index in [1.54, 1.807) is 34.0 Å². The van der Waals surface area contributed by atoms with E-state index in [1.165, 1.54) is 0 Å². The van der Waals surface area contributed by atoms with Crippen LogP contribution in [0, 0.1) is 11.3 Å². The first-order valence-electron chi connectivity index (χ1n) is 12.2. The molecule has 1 fully saturated rings. The predicted molar refractivity (Wildman–Crippen MR) is 138 cm³/mol. The summed E-state index contributed by atoms with van der Waals surface area (Å²) >= 11 is 0. The molecule has 0 aromatic carbocycles. The van der Waals surface area contributed by atoms with Crippen molar-refractivity contribution in [3.8, 4) is 28.6 Å². The smallest absolute Gasteiger partial charge is 0.407 e. The van der Waals surface area contributed by atoms with Gasteiger partial charge in [-0.05, 0) is 45.7 Å². The highest BCUT2D eigenvalue weighted by Crippen LogP contribution is 2.29. The number of amides is 1. The van der Waals surface area contributed by atoms with E-state index in [0.29, 0.717) is 29.0 Å². The van der Waals surface area contributed by atoms with Crippen LogP contribution in [0.15, 0.2) is 43.1 Å². The number of nitriles is 1. The van der Waals surface area contributed by atoms with Gasteiger partial charge in [0.05, 0.1) is 30.0 Å². The summed E-state index contributed by atoms with van der Waals surface area (Å²) in [6.07, 6.45) is 10.1. The molecule has 190 valence electrons. The number of aryl methyl sites for hydroxylation is 1. The molecule has 4 aromatic rings. The first kappa shape index (κ1) is 24.2. The van der Waals surface area contributed by atoms with Crippen LogP contribution in [0.5, 0.6) is 0 Å². The van der Waals surface area contributed by atoms with Gasteiger partial charge >= 0.3 is 6.09 Å². The van der Waals surface area contributed by atoms with E-state index >= 15 is 0 Å². The Morgan fingerprint density at radius 2 is 2.00 bits per heavy atom. The normalized spacial score (nSPS) is 16.0. The maximum absolute atomic E-state index is 12.2. The molecular weight excluding hydrogens is 470 g/mol. The maximum Gasteiger partial charge on any atom is 0.407 e. The number of nitrogens with zero attached hydrogens (tertiary/aromatic N) is 8. The van der Waals surface area contributed by atoms with E-state index in [2.05, 4.69) is 26.5 Å². The fraction of sp³-hybridized carbons (Fsp3) is 0.385. The van der Waals surface area contributed by atoms with Gasteiger partial charge in [-0.2, -0.15) is 15.5 Å². The van der Waals surface area contributed by atoms with Gasteiger partial charge in [0.25, 0.3) is 0 Å². The minimum absolute atomic E-state index is 0.0208. The number of nitrogens with one attached hydrogen (secondary N) is 1. The van der Waals surface area contributed by atoms with E-state index in [1.807, 2.05) is 46.1 Å². The number of ether oxygens (including phenoxy) is 1. The summed E-state index contributed by atoms with van der Waals surface area (Å²) in [7, 11) is 1.85. The summed E-state index contributed by atoms with van der Waals surface area (Å²) in [5, 5.41) is 21.2. The molecule has 1 aliphatic rings. The Morgan fingerprint density at radius 1 is 1.16 bits per heavy atom. The zero-order valence-electron chi connectivity index (χ0n) is 21.3. The number of carbonyl (C=O) groups is 1. The third kappa shape index (κ3) is 5.23. The topological polar surface area (TPSA) is 126 Å². The van der Waals surface area contributed by atoms with Crippen LogP contribution in [0.3, 0.4) is 0 Å². The van der Waals surface area contributed by atoms with Crippen molar-refractivity contribution in [2.24, 2.45) is 7.05 Å². The molecule has 5 heterocycles. The van der Waals surface area contributed by atoms with Crippen molar-refractivity contribution in [2.75, 3.05) is 18.0 Å². The number of carbonyl (C=O) groups excluding carboxylic acids is 1. The van der Waals surface area contributed by atoms with Crippen molar-refractivity contribution in [3.63, 3.8) is 0 Å². The molecule has 0 aliphatic carbocycles. The van der Waals surface area contributed by atoms with Gasteiger partial charge in [0, 0.05) is 49.7 Å². The van der Waals surface area contributed by atoms with Crippen molar-refractivity contribution >= 4 is 17.4 Å². The molecule has 4 aromatic heterocycles. The Hall–Kier alpha value is -4.46. The molecule has 1 amide bonds. The quantitative estimate of drug-likeness (QED) is 0.452. The largest absolute Gasteiger partial charge is 0.444 e. The van der Waals surface area contributed by atoms with Crippen LogP contribution in [0.4, 0.5) is 10.6 Å². The van der Waals surface area contributed by atoms with Crippen LogP contribution < -0.4 is 10.2 Å². The lowest BCUT2D eigenvalue weighted by molar-refractivity contribution is 0.0500. The summed E-state index contributed by atoms with van der Waals surface area (Å²) < 4.78 is 8.80. The summed E-state index contributed by atoms with van der Waals surface area (Å²) in [5.41, 5.74) is 3.47. The Kier molecular flexibility index (Phi) is 6.25. The average Bonchev–Trinajstić information content (AvgIpc) is 3.48. The molecule has 1 aliphatic heterocycles. The Morgan fingerprint density at radius 3 is 2.68 bits per heavy atom. The molecule has 37 heavy (non-hydrogen) atoms. The van der Waals surface area contributed by atoms with Crippen molar-refractivity contribution in [1.29, 1.82) is 5.26 Å². The Labute approximate surface area is 214 Å². The summed E-state index contributed by atoms with van der Waals surface area (Å²) in [6, 6.07) is 6.09. The monoisotopic (exact) mass is 499 g/mol. The molecule has 1 unspecified atom stereocenters. The molecule has 11 nitrogen and oxygen atoms in total. The number of pyridine rings is 1. The highest BCUT2D eigenvalue weighted by atomic mass is 16.6. The van der Waals surface area contributed by atoms with Gasteiger partial charge < -0.3 is 15.0 Å². The minimum atomic E-state index is -0.537. The summed E-state index contributed by atoms with van der Waals surface area (Å²) in [5.74, 6) is 0.813. The molecule has 11 heteroatoms. The maximum atomic E-state index is 12.2. The zero-order valence-corrected chi connectivity index (χ0v) is 21.3. The van der Waals surface area contributed by atoms with Crippen molar-refractivity contribution < 1.29 is 9.53 Å². The van der Waals surface area contributed by atoms with Crippen LogP contribution >= 0.6 is 0 Å². The highest BCUT2D eigenvalue weighted by Gasteiger charge is 2.25. The van der Waals surface area contributed by atoms with Crippen LogP contribution in [-0.4, -0.2) is 60.2 Å². The van der Waals surface area contributed by atoms with E-state index in [9.17, 15) is 10.1 Å². The van der Waals surface area contributed by atoms with Crippen LogP contribution in [0.2, 0.25) is 0 Å². The lowest BCUT2D eigenvalue weighted by Gasteiger charge is -2.34. The van der Waals surface area contributed by atoms with E-state index in [-0.39, 0.29) is 6.04 Å². The van der Waals surface area contributed by atoms with E-state index < -0.39 is 11.7 Å². The van der Waals surface area contributed by atoms with Gasteiger partial charge in [-0.15, -0.1) is 0 Å². The third-order valence-electron chi connectivity index (χ3n) is 6.11. The lowest BCUT2D eigenvalue weighted by Crippen LogP contribution is -2.49. The van der Waals surface area contributed by atoms with Crippen LogP contribution in [0.25, 0.3) is 28.0 Å². The highest BCUT2D eigenvalue weighted by molar-refractivity contribution is 5.83. The number of anilines is 1. The standard InChI is InChI=1S/C26H29N9O2/c1-26(2,3)37-25(36)31-20-6-5-9-34(15-20)22-8-7-17(11-28-22)23-24-18(10-27)12-30-35(24)16-21(32-23)19-13-29-33(4)14-19/h7-8,11-14,16,20H,5-6,9,15H2,1-4H3,(H,31,36). The Balaban J connectivity index is 1.41. The molecule has 0 spiro atoms. The average molecular weight is 500 g/mol. The van der Waals surface area contributed by atoms with Gasteiger partial charge in [-0.3, -0.25) is 4.68 Å². The second-order valence-corrected chi connectivity index (χ2v) is 10.2. The second kappa shape index (κ2) is 9.54. The van der Waals surface area contributed by atoms with Gasteiger partial charge in [0.15, 0.2) is 0 Å². The van der Waals surface area contributed by atoms with Crippen LogP contribution in [0.1, 0.15) is 39.2 Å². The van der Waals surface area contributed by atoms with Gasteiger partial charge in [-0.25, -0.2) is 19.3 Å². The number of alkyl carbamates (subject to hydrolysis) is 1. The van der Waals surface area contributed by atoms with E-state index in [0.717, 1.165) is 36.3 Å². The zero-order chi connectivity index (χ0) is 26.2. The van der Waals surface area contributed by atoms with Gasteiger partial charge in [-0.1, -0.05) is 0 Å². The second-order valence-electron chi connectivity index (χ2n) is 10.2. The molecule has 1 N–H and O–H groups in total. The van der Waals surface area contributed by atoms with Gasteiger partial charge in [0.2, 0.25) is 0 Å². The number of hydrogen-bond acceptors (Lipinski definition) is 8. The van der Waals surface area contributed by atoms with Crippen molar-refractivity contribution in [2.45, 2.75) is 45.3 Å². The molecule has 1 saturated heterocycles. The van der Waals surface area contributed by atoms with Crippen molar-refractivity contribution in [3.05, 3.63) is 48.7 Å². The van der Waals surface area contributed by atoms with Crippen molar-refractivity contribution in [1.82, 2.24) is 34.7 Å². The number of aromatic nitrogens is 6. The van der Waals surface area contributed by atoms with Gasteiger partial charge in [0.1, 0.15) is 28.6 Å². The molecule has 0 bridgehead atoms. The number of piperidine rings is 1. The number of rotatable bonds is 4. The van der Waals surface area contributed by atoms with Crippen LogP contribution in [-0.2, 0) is 11.8 Å². The number of fused-ring (bicyclic) bond motifs is 1. The Bertz CT molecular complexity index is 1470. The molecule has 0 radical (unpaired) electrons. The molecular formula is C26H29N9O2. The fourth-order valence-corrected chi connectivity index (χ4v) is 4.48.